The lowest BCUT2D eigenvalue weighted by Crippen LogP contribution is -2.37. The van der Waals surface area contributed by atoms with Crippen molar-refractivity contribution in [2.75, 3.05) is 57.8 Å². The molecule has 0 amide bonds. The minimum atomic E-state index is -3.27. The summed E-state index contributed by atoms with van der Waals surface area (Å²) < 4.78 is 46.2. The fraction of sp³-hybridized carbons (Fsp3) is 1.00. The zero-order chi connectivity index (χ0) is 17.2. The first-order valence-corrected chi connectivity index (χ1v) is 9.98. The highest BCUT2D eigenvalue weighted by molar-refractivity contribution is 7.91. The van der Waals surface area contributed by atoms with E-state index in [4.69, 9.17) is 30.7 Å². The lowest BCUT2D eigenvalue weighted by molar-refractivity contribution is -0.0597. The van der Waals surface area contributed by atoms with E-state index in [1.54, 1.807) is 0 Å². The van der Waals surface area contributed by atoms with E-state index in [1.807, 2.05) is 13.8 Å². The highest BCUT2D eigenvalue weighted by atomic mass is 35.5. The summed E-state index contributed by atoms with van der Waals surface area (Å²) in [5.74, 6) is -0.0363. The second-order valence-corrected chi connectivity index (χ2v) is 8.55. The van der Waals surface area contributed by atoms with Gasteiger partial charge in [-0.05, 0) is 32.0 Å². The molecule has 1 atom stereocenters. The molecule has 0 aliphatic carbocycles. The molecule has 23 heavy (non-hydrogen) atoms. The fourth-order valence-electron chi connectivity index (χ4n) is 1.90. The van der Waals surface area contributed by atoms with Crippen LogP contribution in [0.15, 0.2) is 0 Å². The SMILES string of the molecule is CC(C)(CCS(=O)(=O)CC1COCCOCCOCCO1)NCl. The summed E-state index contributed by atoms with van der Waals surface area (Å²) in [6.45, 7) is 6.53. The van der Waals surface area contributed by atoms with Gasteiger partial charge in [0.1, 0.15) is 0 Å². The van der Waals surface area contributed by atoms with E-state index < -0.39 is 21.5 Å². The number of halogens is 1. The van der Waals surface area contributed by atoms with Gasteiger partial charge in [0.25, 0.3) is 0 Å². The lowest BCUT2D eigenvalue weighted by Gasteiger charge is -2.23. The first-order valence-electron chi connectivity index (χ1n) is 7.78. The van der Waals surface area contributed by atoms with Gasteiger partial charge in [0, 0.05) is 5.54 Å². The maximum absolute atomic E-state index is 12.3. The molecule has 0 radical (unpaired) electrons. The van der Waals surface area contributed by atoms with Crippen molar-refractivity contribution in [2.45, 2.75) is 31.9 Å². The van der Waals surface area contributed by atoms with E-state index in [0.29, 0.717) is 46.1 Å². The van der Waals surface area contributed by atoms with E-state index in [2.05, 4.69) is 4.84 Å². The Kier molecular flexibility index (Phi) is 9.91. The van der Waals surface area contributed by atoms with Gasteiger partial charge in [-0.3, -0.25) is 0 Å². The molecular weight excluding hydrogens is 346 g/mol. The molecule has 1 rings (SSSR count). The zero-order valence-electron chi connectivity index (χ0n) is 13.9. The first-order chi connectivity index (χ1) is 10.8. The molecule has 1 fully saturated rings. The van der Waals surface area contributed by atoms with E-state index in [0.717, 1.165) is 0 Å². The van der Waals surface area contributed by atoms with Gasteiger partial charge < -0.3 is 18.9 Å². The zero-order valence-corrected chi connectivity index (χ0v) is 15.5. The van der Waals surface area contributed by atoms with Crippen molar-refractivity contribution in [1.29, 1.82) is 0 Å². The van der Waals surface area contributed by atoms with Crippen LogP contribution in [-0.2, 0) is 28.8 Å². The van der Waals surface area contributed by atoms with Crippen LogP contribution in [0, 0.1) is 0 Å². The third kappa shape index (κ3) is 10.5. The van der Waals surface area contributed by atoms with Crippen LogP contribution in [0.3, 0.4) is 0 Å². The molecule has 0 aromatic rings. The average molecular weight is 374 g/mol. The minimum absolute atomic E-state index is 0.0409. The molecular formula is C14H28ClNO6S. The van der Waals surface area contributed by atoms with Crippen LogP contribution in [0.5, 0.6) is 0 Å². The Morgan fingerprint density at radius 2 is 1.61 bits per heavy atom. The second kappa shape index (κ2) is 10.8. The van der Waals surface area contributed by atoms with E-state index >= 15 is 0 Å². The van der Waals surface area contributed by atoms with Gasteiger partial charge in [-0.2, -0.15) is 0 Å². The Hall–Kier alpha value is 0.0400. The fourth-order valence-corrected chi connectivity index (χ4v) is 3.74. The van der Waals surface area contributed by atoms with Gasteiger partial charge in [-0.1, -0.05) is 0 Å². The third-order valence-electron chi connectivity index (χ3n) is 3.36. The molecule has 7 nitrogen and oxygen atoms in total. The topological polar surface area (TPSA) is 83.1 Å². The number of rotatable bonds is 6. The molecule has 9 heteroatoms. The smallest absolute Gasteiger partial charge is 0.153 e. The van der Waals surface area contributed by atoms with E-state index in [1.165, 1.54) is 0 Å². The molecule has 0 aromatic heterocycles. The standard InChI is InChI=1S/C14H28ClNO6S/c1-14(2,16-15)3-10-23(17,18)12-13-11-21-7-6-19-4-5-20-8-9-22-13/h13,16H,3-12H2,1-2H3. The monoisotopic (exact) mass is 373 g/mol. The van der Waals surface area contributed by atoms with Gasteiger partial charge in [0.05, 0.1) is 63.9 Å². The maximum Gasteiger partial charge on any atom is 0.153 e. The summed E-state index contributed by atoms with van der Waals surface area (Å²) in [5, 5.41) is 0. The van der Waals surface area contributed by atoms with Crippen molar-refractivity contribution in [2.24, 2.45) is 0 Å². The summed E-state index contributed by atoms with van der Waals surface area (Å²) in [6.07, 6.45) is -0.0845. The predicted octanol–water partition coefficient (Wildman–Crippen LogP) is 0.762. The molecule has 1 N–H and O–H groups in total. The van der Waals surface area contributed by atoms with Gasteiger partial charge in [0.15, 0.2) is 9.84 Å². The van der Waals surface area contributed by atoms with Crippen LogP contribution in [-0.4, -0.2) is 77.8 Å². The molecule has 1 unspecified atom stereocenters. The molecule has 0 spiro atoms. The van der Waals surface area contributed by atoms with Crippen molar-refractivity contribution in [1.82, 2.24) is 4.84 Å². The van der Waals surface area contributed by atoms with Crippen molar-refractivity contribution >= 4 is 21.6 Å². The highest BCUT2D eigenvalue weighted by Crippen LogP contribution is 2.12. The van der Waals surface area contributed by atoms with E-state index in [-0.39, 0.29) is 18.1 Å². The van der Waals surface area contributed by atoms with Crippen molar-refractivity contribution < 1.29 is 27.4 Å². The quantitative estimate of drug-likeness (QED) is 0.688. The number of ether oxygens (including phenoxy) is 4. The number of sulfone groups is 1. The Morgan fingerprint density at radius 3 is 2.22 bits per heavy atom. The number of nitrogens with one attached hydrogen (secondary N) is 1. The minimum Gasteiger partial charge on any atom is -0.377 e. The Labute approximate surface area is 144 Å². The van der Waals surface area contributed by atoms with Crippen molar-refractivity contribution in [3.63, 3.8) is 0 Å². The molecule has 0 aromatic carbocycles. The van der Waals surface area contributed by atoms with Gasteiger partial charge in [-0.25, -0.2) is 13.3 Å². The Balaban J connectivity index is 2.48. The summed E-state index contributed by atoms with van der Waals surface area (Å²) >= 11 is 5.60. The lowest BCUT2D eigenvalue weighted by atomic mass is 10.0. The van der Waals surface area contributed by atoms with Gasteiger partial charge in [-0.15, -0.1) is 0 Å². The number of hydrogen-bond donors (Lipinski definition) is 1. The number of hydrogen-bond acceptors (Lipinski definition) is 7. The summed E-state index contributed by atoms with van der Waals surface area (Å²) in [7, 11) is -3.27. The normalized spacial score (nSPS) is 23.0. The summed E-state index contributed by atoms with van der Waals surface area (Å²) in [4.78, 5) is 2.59. The first kappa shape index (κ1) is 21.1. The van der Waals surface area contributed by atoms with Crippen molar-refractivity contribution in [3.8, 4) is 0 Å². The summed E-state index contributed by atoms with van der Waals surface area (Å²) in [5.41, 5.74) is -0.441. The predicted molar refractivity (Wildman–Crippen MR) is 88.5 cm³/mol. The Morgan fingerprint density at radius 1 is 1.04 bits per heavy atom. The van der Waals surface area contributed by atoms with E-state index in [9.17, 15) is 8.42 Å². The second-order valence-electron chi connectivity index (χ2n) is 6.14. The average Bonchev–Trinajstić information content (AvgIpc) is 2.48. The molecule has 1 aliphatic rings. The third-order valence-corrected chi connectivity index (χ3v) is 5.58. The van der Waals surface area contributed by atoms with Crippen LogP contribution in [0.4, 0.5) is 0 Å². The maximum atomic E-state index is 12.3. The van der Waals surface area contributed by atoms with Crippen LogP contribution < -0.4 is 4.84 Å². The molecule has 0 bridgehead atoms. The highest BCUT2D eigenvalue weighted by Gasteiger charge is 2.24. The van der Waals surface area contributed by atoms with Crippen LogP contribution in [0.2, 0.25) is 0 Å². The van der Waals surface area contributed by atoms with Gasteiger partial charge >= 0.3 is 0 Å². The largest absolute Gasteiger partial charge is 0.377 e. The Bertz CT molecular complexity index is 405. The van der Waals surface area contributed by atoms with Crippen LogP contribution in [0.1, 0.15) is 20.3 Å². The van der Waals surface area contributed by atoms with Gasteiger partial charge in [0.2, 0.25) is 0 Å². The molecule has 1 heterocycles. The molecule has 1 saturated heterocycles. The summed E-state index contributed by atoms with van der Waals surface area (Å²) in [6, 6.07) is 0. The molecule has 0 saturated carbocycles. The molecule has 138 valence electrons. The van der Waals surface area contributed by atoms with Crippen LogP contribution in [0.25, 0.3) is 0 Å². The van der Waals surface area contributed by atoms with Crippen LogP contribution >= 0.6 is 11.8 Å². The van der Waals surface area contributed by atoms with Crippen molar-refractivity contribution in [3.05, 3.63) is 0 Å². The molecule has 1 aliphatic heterocycles.